The van der Waals surface area contributed by atoms with E-state index in [1.807, 2.05) is 36.5 Å². The summed E-state index contributed by atoms with van der Waals surface area (Å²) in [5.74, 6) is -0.0894. The molecule has 0 spiro atoms. The third kappa shape index (κ3) is 43.5. The quantitative estimate of drug-likeness (QED) is 0.0180. The molecule has 0 aliphatic heterocycles. The number of unbranched alkanes of at least 4 members (excludes halogenated alkanes) is 21. The number of allylic oxidation sites excluding steroid dienone is 6. The number of carbonyl (C=O) groups is 2. The van der Waals surface area contributed by atoms with E-state index >= 15 is 0 Å². The number of aliphatic hydroxyl groups is 1. The highest BCUT2D eigenvalue weighted by Gasteiger charge is 2.23. The summed E-state index contributed by atoms with van der Waals surface area (Å²) in [4.78, 5) is 43.0. The van der Waals surface area contributed by atoms with Crippen LogP contribution in [0.15, 0.2) is 48.6 Å². The lowest BCUT2D eigenvalue weighted by atomic mass is 9.99. The van der Waals surface area contributed by atoms with Gasteiger partial charge in [-0.2, -0.15) is 0 Å². The molecule has 0 bridgehead atoms. The lowest BCUT2D eigenvalue weighted by Crippen LogP contribution is -2.29. The van der Waals surface area contributed by atoms with Crippen LogP contribution in [-0.2, 0) is 28.2 Å². The SMILES string of the molecule is CCCCC/C=C\C[C@@H](O)/C=C/C=C\C/C=C\CCCC(=O)OC[C@H](COP(=O)(O)O)OC(=O)CCCCCCCCCCCCCCCCCCCCC(C)CC. The molecule has 0 aliphatic rings. The Morgan fingerprint density at radius 1 is 0.603 bits per heavy atom. The summed E-state index contributed by atoms with van der Waals surface area (Å²) in [7, 11) is -4.78. The van der Waals surface area contributed by atoms with Gasteiger partial charge < -0.3 is 24.4 Å². The van der Waals surface area contributed by atoms with Crippen LogP contribution in [0.3, 0.4) is 0 Å². The zero-order chi connectivity index (χ0) is 42.8. The van der Waals surface area contributed by atoms with Gasteiger partial charge in [-0.3, -0.25) is 14.1 Å². The van der Waals surface area contributed by atoms with Gasteiger partial charge in [-0.1, -0.05) is 204 Å². The van der Waals surface area contributed by atoms with Crippen molar-refractivity contribution in [3.8, 4) is 0 Å². The molecule has 0 aliphatic carbocycles. The first-order chi connectivity index (χ1) is 28.1. The maximum atomic E-state index is 12.5. The Hall–Kier alpha value is -2.03. The van der Waals surface area contributed by atoms with Crippen LogP contribution in [0, 0.1) is 5.92 Å². The van der Waals surface area contributed by atoms with Crippen molar-refractivity contribution in [3.05, 3.63) is 48.6 Å². The molecule has 0 aromatic carbocycles. The van der Waals surface area contributed by atoms with Crippen molar-refractivity contribution in [1.82, 2.24) is 0 Å². The molecule has 0 fully saturated rings. The Labute approximate surface area is 355 Å². The number of aliphatic hydroxyl groups excluding tert-OH is 1. The minimum absolute atomic E-state index is 0.160. The fraction of sp³-hybridized carbons (Fsp3) is 0.792. The van der Waals surface area contributed by atoms with E-state index in [4.69, 9.17) is 19.3 Å². The predicted octanol–water partition coefficient (Wildman–Crippen LogP) is 13.5. The molecule has 58 heavy (non-hydrogen) atoms. The van der Waals surface area contributed by atoms with Gasteiger partial charge in [-0.25, -0.2) is 4.57 Å². The number of rotatable bonds is 42. The predicted molar refractivity (Wildman–Crippen MR) is 240 cm³/mol. The monoisotopic (exact) mass is 839 g/mol. The number of phosphoric acid groups is 1. The minimum Gasteiger partial charge on any atom is -0.462 e. The van der Waals surface area contributed by atoms with E-state index in [9.17, 15) is 19.3 Å². The second kappa shape index (κ2) is 41.7. The first-order valence-electron chi connectivity index (χ1n) is 23.4. The van der Waals surface area contributed by atoms with Crippen molar-refractivity contribution in [2.75, 3.05) is 13.2 Å². The van der Waals surface area contributed by atoms with Crippen molar-refractivity contribution in [2.24, 2.45) is 5.92 Å². The Kier molecular flexibility index (Phi) is 40.2. The Morgan fingerprint density at radius 3 is 1.71 bits per heavy atom. The largest absolute Gasteiger partial charge is 0.469 e. The minimum atomic E-state index is -4.78. The van der Waals surface area contributed by atoms with Gasteiger partial charge in [0.15, 0.2) is 6.10 Å². The molecular weight excluding hydrogens is 751 g/mol. The van der Waals surface area contributed by atoms with Gasteiger partial charge in [0.1, 0.15) is 6.61 Å². The lowest BCUT2D eigenvalue weighted by molar-refractivity contribution is -0.161. The van der Waals surface area contributed by atoms with Crippen LogP contribution in [-0.4, -0.2) is 52.3 Å². The zero-order valence-corrected chi connectivity index (χ0v) is 38.1. The summed E-state index contributed by atoms with van der Waals surface area (Å²) in [5, 5.41) is 10.0. The van der Waals surface area contributed by atoms with Crippen LogP contribution in [0.5, 0.6) is 0 Å². The average molecular weight is 839 g/mol. The summed E-state index contributed by atoms with van der Waals surface area (Å²) >= 11 is 0. The highest BCUT2D eigenvalue weighted by atomic mass is 31.2. The number of ether oxygens (including phenoxy) is 2. The van der Waals surface area contributed by atoms with Crippen LogP contribution in [0.25, 0.3) is 0 Å². The number of esters is 2. The third-order valence-corrected chi connectivity index (χ3v) is 11.0. The number of hydrogen-bond donors (Lipinski definition) is 3. The second-order valence-electron chi connectivity index (χ2n) is 16.2. The molecule has 3 atom stereocenters. The molecule has 0 aromatic rings. The van der Waals surface area contributed by atoms with E-state index in [2.05, 4.69) is 31.4 Å². The molecule has 0 saturated carbocycles. The van der Waals surface area contributed by atoms with Crippen LogP contribution in [0.4, 0.5) is 0 Å². The maximum absolute atomic E-state index is 12.5. The van der Waals surface area contributed by atoms with E-state index in [0.717, 1.165) is 38.0 Å². The van der Waals surface area contributed by atoms with E-state index < -0.39 is 38.6 Å². The summed E-state index contributed by atoms with van der Waals surface area (Å²) < 4.78 is 26.4. The van der Waals surface area contributed by atoms with Crippen molar-refractivity contribution in [3.63, 3.8) is 0 Å². The van der Waals surface area contributed by atoms with Crippen molar-refractivity contribution < 1.29 is 43.0 Å². The highest BCUT2D eigenvalue weighted by Crippen LogP contribution is 2.36. The molecule has 9 nitrogen and oxygen atoms in total. The van der Waals surface area contributed by atoms with Gasteiger partial charge in [0.2, 0.25) is 0 Å². The molecule has 1 unspecified atom stereocenters. The topological polar surface area (TPSA) is 140 Å². The van der Waals surface area contributed by atoms with E-state index in [-0.39, 0.29) is 19.4 Å². The van der Waals surface area contributed by atoms with Crippen molar-refractivity contribution >= 4 is 19.8 Å². The fourth-order valence-electron chi connectivity index (χ4n) is 6.54. The average Bonchev–Trinajstić information content (AvgIpc) is 3.19. The van der Waals surface area contributed by atoms with Gasteiger partial charge in [-0.05, 0) is 50.9 Å². The third-order valence-electron chi connectivity index (χ3n) is 10.5. The number of phosphoric ester groups is 1. The van der Waals surface area contributed by atoms with Gasteiger partial charge in [-0.15, -0.1) is 0 Å². The van der Waals surface area contributed by atoms with Crippen LogP contribution in [0.1, 0.15) is 213 Å². The smallest absolute Gasteiger partial charge is 0.462 e. The summed E-state index contributed by atoms with van der Waals surface area (Å²) in [6.07, 6.45) is 47.2. The molecule has 3 N–H and O–H groups in total. The maximum Gasteiger partial charge on any atom is 0.469 e. The Bertz CT molecular complexity index is 1110. The number of carbonyl (C=O) groups excluding carboxylic acids is 2. The van der Waals surface area contributed by atoms with Crippen LogP contribution in [0.2, 0.25) is 0 Å². The van der Waals surface area contributed by atoms with Crippen molar-refractivity contribution in [1.29, 1.82) is 0 Å². The molecule has 338 valence electrons. The van der Waals surface area contributed by atoms with Gasteiger partial charge in [0.05, 0.1) is 12.7 Å². The lowest BCUT2D eigenvalue weighted by Gasteiger charge is -2.18. The van der Waals surface area contributed by atoms with E-state index in [1.165, 1.54) is 122 Å². The van der Waals surface area contributed by atoms with Crippen molar-refractivity contribution in [2.45, 2.75) is 226 Å². The first kappa shape index (κ1) is 56.0. The summed E-state index contributed by atoms with van der Waals surface area (Å²) in [5.41, 5.74) is 0. The number of hydrogen-bond acceptors (Lipinski definition) is 7. The van der Waals surface area contributed by atoms with Gasteiger partial charge in [0, 0.05) is 12.8 Å². The Morgan fingerprint density at radius 2 is 1.14 bits per heavy atom. The molecule has 10 heteroatoms. The van der Waals surface area contributed by atoms with E-state index in [1.54, 1.807) is 6.08 Å². The first-order valence-corrected chi connectivity index (χ1v) is 25.0. The molecule has 0 saturated heterocycles. The van der Waals surface area contributed by atoms with Gasteiger partial charge >= 0.3 is 19.8 Å². The molecular formula is C48H87O9P. The summed E-state index contributed by atoms with van der Waals surface area (Å²) in [6.45, 7) is 5.95. The zero-order valence-electron chi connectivity index (χ0n) is 37.2. The van der Waals surface area contributed by atoms with Crippen LogP contribution < -0.4 is 0 Å². The fourth-order valence-corrected chi connectivity index (χ4v) is 6.91. The molecule has 0 heterocycles. The van der Waals surface area contributed by atoms with Crippen LogP contribution >= 0.6 is 7.82 Å². The summed E-state index contributed by atoms with van der Waals surface area (Å²) in [6, 6.07) is 0. The van der Waals surface area contributed by atoms with E-state index in [0.29, 0.717) is 25.7 Å². The van der Waals surface area contributed by atoms with Gasteiger partial charge in [0.25, 0.3) is 0 Å². The standard InChI is InChI=1S/C48H87O9P/c1-4-6-7-8-28-33-38-45(49)39-34-29-24-21-22-25-30-35-40-47(50)55-42-46(43-56-58(52,53)54)57-48(51)41-36-31-26-20-18-16-14-12-10-9-11-13-15-17-19-23-27-32-37-44(3)5-2/h22,24-25,28-29,33-34,39,44-46,49H,4-21,23,26-27,30-32,35-38,40-43H2,1-3H3,(H2,52,53,54)/b25-22-,29-24-,33-28-,39-34+/t44?,45-,46-/m1/s1. The molecule has 0 radical (unpaired) electrons. The molecule has 0 aromatic heterocycles. The highest BCUT2D eigenvalue weighted by molar-refractivity contribution is 7.46. The second-order valence-corrected chi connectivity index (χ2v) is 17.4. The molecule has 0 amide bonds. The normalized spacial score (nSPS) is 14.0. The molecule has 0 rings (SSSR count). The Balaban J connectivity index is 3.97.